The van der Waals surface area contributed by atoms with Gasteiger partial charge in [0.2, 0.25) is 0 Å². The quantitative estimate of drug-likeness (QED) is 0.567. The highest BCUT2D eigenvalue weighted by Gasteiger charge is 2.16. The van der Waals surface area contributed by atoms with Crippen molar-refractivity contribution < 1.29 is 5.11 Å². The van der Waals surface area contributed by atoms with Gasteiger partial charge in [-0.05, 0) is 30.7 Å². The molecule has 1 N–H and O–H groups in total. The van der Waals surface area contributed by atoms with Crippen LogP contribution < -0.4 is 0 Å². The molecule has 0 aliphatic carbocycles. The molecule has 0 saturated carbocycles. The van der Waals surface area contributed by atoms with Crippen LogP contribution in [0.5, 0.6) is 5.75 Å². The molecular weight excluding hydrogens is 304 g/mol. The number of aromatic hydroxyl groups is 1. The van der Waals surface area contributed by atoms with Crippen LogP contribution in [0.4, 0.5) is 0 Å². The number of benzene rings is 1. The van der Waals surface area contributed by atoms with Gasteiger partial charge in [0.15, 0.2) is 5.75 Å². The summed E-state index contributed by atoms with van der Waals surface area (Å²) in [6, 6.07) is 0. The first-order valence-corrected chi connectivity index (χ1v) is 11.2. The van der Waals surface area contributed by atoms with E-state index in [1.165, 1.54) is 15.0 Å². The van der Waals surface area contributed by atoms with Crippen molar-refractivity contribution in [2.45, 2.75) is 13.3 Å². The zero-order valence-electron chi connectivity index (χ0n) is 7.60. The standard InChI is InChI=1S/C8H6OS6/c1-2-3-5-7(12-14-10-5)4(9)8-6(3)11-15-13-8/h9H,2H2,1H3. The van der Waals surface area contributed by atoms with Gasteiger partial charge in [0.25, 0.3) is 0 Å². The van der Waals surface area contributed by atoms with Gasteiger partial charge in [-0.1, -0.05) is 48.3 Å². The van der Waals surface area contributed by atoms with Gasteiger partial charge in [-0.3, -0.25) is 0 Å². The average Bonchev–Trinajstić information content (AvgIpc) is 2.85. The average molecular weight is 311 g/mol. The molecule has 2 heterocycles. The number of hydrogen-bond donors (Lipinski definition) is 1. The highest BCUT2D eigenvalue weighted by molar-refractivity contribution is 7.99. The van der Waals surface area contributed by atoms with Crippen LogP contribution in [0.3, 0.4) is 0 Å². The van der Waals surface area contributed by atoms with Crippen LogP contribution in [0.2, 0.25) is 0 Å². The van der Waals surface area contributed by atoms with Gasteiger partial charge < -0.3 is 5.11 Å². The molecule has 0 fully saturated rings. The highest BCUT2D eigenvalue weighted by Crippen LogP contribution is 2.49. The van der Waals surface area contributed by atoms with Crippen molar-refractivity contribution in [2.24, 2.45) is 0 Å². The van der Waals surface area contributed by atoms with Crippen LogP contribution in [0.1, 0.15) is 12.5 Å². The minimum absolute atomic E-state index is 0.502. The highest BCUT2D eigenvalue weighted by atomic mass is 33.2. The lowest BCUT2D eigenvalue weighted by Crippen LogP contribution is -1.80. The Morgan fingerprint density at radius 2 is 1.33 bits per heavy atom. The summed E-state index contributed by atoms with van der Waals surface area (Å²) >= 11 is 0. The predicted octanol–water partition coefficient (Wildman–Crippen LogP) is 5.75. The molecule has 2 aromatic heterocycles. The van der Waals surface area contributed by atoms with Crippen molar-refractivity contribution in [1.82, 2.24) is 0 Å². The van der Waals surface area contributed by atoms with Crippen LogP contribution in [0.15, 0.2) is 0 Å². The number of fused-ring (bicyclic) bond motifs is 2. The Labute approximate surface area is 108 Å². The van der Waals surface area contributed by atoms with E-state index < -0.39 is 0 Å². The third-order valence-corrected chi connectivity index (χ3v) is 10.4. The number of rotatable bonds is 1. The van der Waals surface area contributed by atoms with Crippen molar-refractivity contribution in [3.63, 3.8) is 0 Å². The second kappa shape index (κ2) is 3.97. The molecule has 80 valence electrons. The van der Waals surface area contributed by atoms with Gasteiger partial charge >= 0.3 is 0 Å². The van der Waals surface area contributed by atoms with E-state index >= 15 is 0 Å². The lowest BCUT2D eigenvalue weighted by Gasteiger charge is -2.02. The summed E-state index contributed by atoms with van der Waals surface area (Å²) in [7, 11) is 10.4. The van der Waals surface area contributed by atoms with E-state index in [9.17, 15) is 5.11 Å². The van der Waals surface area contributed by atoms with E-state index in [2.05, 4.69) is 6.92 Å². The maximum Gasteiger partial charge on any atom is 0.154 e. The first kappa shape index (κ1) is 10.5. The maximum atomic E-state index is 10.2. The van der Waals surface area contributed by atoms with E-state index in [4.69, 9.17) is 0 Å². The van der Waals surface area contributed by atoms with Gasteiger partial charge in [0, 0.05) is 0 Å². The summed E-state index contributed by atoms with van der Waals surface area (Å²) in [5.74, 6) is 0.502. The molecule has 1 aromatic carbocycles. The van der Waals surface area contributed by atoms with E-state index in [1.54, 1.807) is 60.0 Å². The first-order chi connectivity index (χ1) is 7.33. The van der Waals surface area contributed by atoms with Crippen LogP contribution >= 0.6 is 60.0 Å². The second-order valence-corrected chi connectivity index (χ2v) is 10.8. The van der Waals surface area contributed by atoms with Crippen LogP contribution in [0, 0.1) is 0 Å². The fourth-order valence-corrected chi connectivity index (χ4v) is 11.1. The van der Waals surface area contributed by atoms with Crippen molar-refractivity contribution in [3.05, 3.63) is 5.56 Å². The fourth-order valence-electron chi connectivity index (χ4n) is 1.52. The molecule has 3 aromatic rings. The largest absolute Gasteiger partial charge is 0.505 e. The summed E-state index contributed by atoms with van der Waals surface area (Å²) in [6.07, 6.45) is 1.05. The van der Waals surface area contributed by atoms with Crippen molar-refractivity contribution in [1.29, 1.82) is 0 Å². The zero-order chi connectivity index (χ0) is 10.4. The smallest absolute Gasteiger partial charge is 0.154 e. The molecule has 0 bridgehead atoms. The van der Waals surface area contributed by atoms with Gasteiger partial charge in [0.1, 0.15) is 9.40 Å². The van der Waals surface area contributed by atoms with E-state index in [1.807, 2.05) is 0 Å². The molecule has 0 aliphatic rings. The molecule has 3 rings (SSSR count). The SMILES string of the molecule is CCc1c2sssc2c(O)c2sssc12. The minimum Gasteiger partial charge on any atom is -0.505 e. The molecule has 0 spiro atoms. The molecule has 15 heavy (non-hydrogen) atoms. The van der Waals surface area contributed by atoms with Crippen LogP contribution in [-0.2, 0) is 6.42 Å². The molecule has 0 atom stereocenters. The molecule has 0 amide bonds. The Balaban J connectivity index is 2.64. The van der Waals surface area contributed by atoms with Gasteiger partial charge in [-0.15, -0.1) is 0 Å². The normalized spacial score (nSPS) is 11.5. The molecule has 0 unspecified atom stereocenters. The molecule has 1 nitrogen and oxygen atoms in total. The molecule has 0 radical (unpaired) electrons. The Morgan fingerprint density at radius 1 is 0.867 bits per heavy atom. The topological polar surface area (TPSA) is 20.2 Å². The maximum absolute atomic E-state index is 10.2. The lowest BCUT2D eigenvalue weighted by molar-refractivity contribution is 0.489. The summed E-state index contributed by atoms with van der Waals surface area (Å²) < 4.78 is 4.74. The number of hydrogen-bond acceptors (Lipinski definition) is 7. The van der Waals surface area contributed by atoms with Crippen LogP contribution in [0.25, 0.3) is 18.8 Å². The van der Waals surface area contributed by atoms with Crippen molar-refractivity contribution in [3.8, 4) is 5.75 Å². The Bertz CT molecular complexity index is 587. The Morgan fingerprint density at radius 3 is 1.80 bits per heavy atom. The number of phenols is 1. The monoisotopic (exact) mass is 310 g/mol. The third-order valence-electron chi connectivity index (χ3n) is 2.21. The van der Waals surface area contributed by atoms with E-state index in [0.717, 1.165) is 15.8 Å². The van der Waals surface area contributed by atoms with E-state index in [-0.39, 0.29) is 0 Å². The third kappa shape index (κ3) is 1.49. The number of phenolic OH excluding ortho intramolecular Hbond substituents is 1. The fraction of sp³-hybridized carbons (Fsp3) is 0.250. The minimum atomic E-state index is 0.502. The summed E-state index contributed by atoms with van der Waals surface area (Å²) in [6.45, 7) is 2.19. The summed E-state index contributed by atoms with van der Waals surface area (Å²) in [5, 5.41) is 10.2. The van der Waals surface area contributed by atoms with Gasteiger partial charge in [0.05, 0.1) is 9.40 Å². The van der Waals surface area contributed by atoms with Gasteiger partial charge in [-0.25, -0.2) is 0 Å². The molecule has 0 aliphatic heterocycles. The predicted molar refractivity (Wildman–Crippen MR) is 77.4 cm³/mol. The Kier molecular flexibility index (Phi) is 2.78. The molecule has 7 heteroatoms. The summed E-state index contributed by atoms with van der Waals surface area (Å²) in [4.78, 5) is 0. The first-order valence-electron chi connectivity index (χ1n) is 4.27. The van der Waals surface area contributed by atoms with Crippen LogP contribution in [-0.4, -0.2) is 5.11 Å². The van der Waals surface area contributed by atoms with Crippen molar-refractivity contribution in [2.75, 3.05) is 0 Å². The van der Waals surface area contributed by atoms with E-state index in [0.29, 0.717) is 5.75 Å². The Hall–Kier alpha value is 0.340. The molecular formula is C8H6OS6. The second-order valence-electron chi connectivity index (χ2n) is 2.97. The zero-order valence-corrected chi connectivity index (χ0v) is 12.5. The molecule has 0 saturated heterocycles. The van der Waals surface area contributed by atoms with Gasteiger partial charge in [-0.2, -0.15) is 0 Å². The number of aryl methyl sites for hydroxylation is 1. The van der Waals surface area contributed by atoms with Crippen molar-refractivity contribution >= 4 is 78.8 Å². The summed E-state index contributed by atoms with van der Waals surface area (Å²) in [5.41, 5.74) is 1.42. The lowest BCUT2D eigenvalue weighted by atomic mass is 10.1.